The van der Waals surface area contributed by atoms with Crippen LogP contribution in [0.15, 0.2) is 195 Å². The number of hydrogen-bond acceptors (Lipinski definition) is 4. The monoisotopic (exact) mass is 838 g/mol. The van der Waals surface area contributed by atoms with Gasteiger partial charge in [-0.3, -0.25) is 0 Å². The lowest BCUT2D eigenvalue weighted by molar-refractivity contribution is 0.590. The fourth-order valence-electron chi connectivity index (χ4n) is 9.56. The van der Waals surface area contributed by atoms with Crippen LogP contribution < -0.4 is 9.80 Å². The maximum absolute atomic E-state index is 2.51. The van der Waals surface area contributed by atoms with Crippen molar-refractivity contribution in [2.75, 3.05) is 9.80 Å². The molecule has 1 aliphatic carbocycles. The van der Waals surface area contributed by atoms with E-state index in [2.05, 4.69) is 221 Å². The molecule has 0 atom stereocenters. The lowest BCUT2D eigenvalue weighted by Gasteiger charge is -2.35. The highest BCUT2D eigenvalue weighted by molar-refractivity contribution is 8.03. The summed E-state index contributed by atoms with van der Waals surface area (Å²) in [6.45, 7) is 13.8. The van der Waals surface area contributed by atoms with Crippen molar-refractivity contribution in [2.45, 2.75) is 79.9 Å². The topological polar surface area (TPSA) is 6.48 Å². The number of anilines is 5. The normalized spacial score (nSPS) is 14.8. The number of rotatable bonds is 4. The van der Waals surface area contributed by atoms with Crippen LogP contribution in [0.5, 0.6) is 0 Å². The maximum atomic E-state index is 2.51. The first-order valence-electron chi connectivity index (χ1n) is 21.9. The number of hydrogen-bond donors (Lipinski definition) is 0. The fourth-order valence-corrected chi connectivity index (χ4v) is 11.8. The molecule has 3 aliphatic rings. The Morgan fingerprint density at radius 1 is 0.435 bits per heavy atom. The molecule has 0 fully saturated rings. The Morgan fingerprint density at radius 3 is 1.35 bits per heavy atom. The van der Waals surface area contributed by atoms with Crippen molar-refractivity contribution in [3.63, 3.8) is 0 Å². The van der Waals surface area contributed by atoms with E-state index in [4.69, 9.17) is 0 Å². The van der Waals surface area contributed by atoms with E-state index in [9.17, 15) is 0 Å². The third kappa shape index (κ3) is 6.58. The van der Waals surface area contributed by atoms with Crippen LogP contribution in [-0.2, 0) is 10.8 Å². The van der Waals surface area contributed by atoms with Crippen molar-refractivity contribution in [3.05, 3.63) is 192 Å². The van der Waals surface area contributed by atoms with Gasteiger partial charge in [0.1, 0.15) is 0 Å². The van der Waals surface area contributed by atoms with Gasteiger partial charge in [-0.05, 0) is 145 Å². The van der Waals surface area contributed by atoms with E-state index in [0.29, 0.717) is 0 Å². The summed E-state index contributed by atoms with van der Waals surface area (Å²) in [5.74, 6) is 0. The molecule has 0 amide bonds. The van der Waals surface area contributed by atoms with Crippen molar-refractivity contribution >= 4 is 73.5 Å². The first-order chi connectivity index (χ1) is 30.0. The molecular weight excluding hydrogens is 789 g/mol. The van der Waals surface area contributed by atoms with Gasteiger partial charge in [0.2, 0.25) is 0 Å². The van der Waals surface area contributed by atoms with Gasteiger partial charge >= 0.3 is 0 Å². The van der Waals surface area contributed by atoms with Crippen molar-refractivity contribution in [1.82, 2.24) is 0 Å². The molecule has 0 saturated heterocycles. The molecule has 4 heteroatoms. The van der Waals surface area contributed by atoms with Gasteiger partial charge in [0, 0.05) is 31.0 Å². The summed E-state index contributed by atoms with van der Waals surface area (Å²) in [5.41, 5.74) is 15.0. The van der Waals surface area contributed by atoms with E-state index in [1.807, 2.05) is 23.5 Å². The Bertz CT molecular complexity index is 3100. The molecule has 0 bridgehead atoms. The number of allylic oxidation sites excluding steroid dienone is 3. The lowest BCUT2D eigenvalue weighted by Crippen LogP contribution is -2.21. The molecule has 2 nitrogen and oxygen atoms in total. The predicted octanol–water partition coefficient (Wildman–Crippen LogP) is 17.7. The smallest absolute Gasteiger partial charge is 0.0601 e. The summed E-state index contributed by atoms with van der Waals surface area (Å²) in [7, 11) is 0. The number of para-hydroxylation sites is 3. The van der Waals surface area contributed by atoms with Crippen LogP contribution >= 0.6 is 23.5 Å². The molecule has 8 aromatic rings. The van der Waals surface area contributed by atoms with Gasteiger partial charge in [-0.15, -0.1) is 0 Å². The average molecular weight is 839 g/mol. The second kappa shape index (κ2) is 14.9. The fraction of sp³-hybridized carbons (Fsp3) is 0.172. The molecule has 0 radical (unpaired) electrons. The maximum Gasteiger partial charge on any atom is 0.0601 e. The Morgan fingerprint density at radius 2 is 0.871 bits per heavy atom. The van der Waals surface area contributed by atoms with Crippen LogP contribution in [0.2, 0.25) is 0 Å². The first kappa shape index (κ1) is 38.9. The van der Waals surface area contributed by atoms with Crippen LogP contribution in [0.3, 0.4) is 0 Å². The molecule has 0 saturated carbocycles. The summed E-state index contributed by atoms with van der Waals surface area (Å²) in [5, 5.41) is 5.00. The van der Waals surface area contributed by atoms with Gasteiger partial charge in [0.05, 0.1) is 22.8 Å². The van der Waals surface area contributed by atoms with Gasteiger partial charge in [0.25, 0.3) is 0 Å². The van der Waals surface area contributed by atoms with E-state index in [1.54, 1.807) is 0 Å². The van der Waals surface area contributed by atoms with Gasteiger partial charge in [-0.2, -0.15) is 0 Å². The van der Waals surface area contributed by atoms with Crippen LogP contribution in [0, 0.1) is 0 Å². The summed E-state index contributed by atoms with van der Waals surface area (Å²) >= 11 is 3.79. The van der Waals surface area contributed by atoms with E-state index in [1.165, 1.54) is 103 Å². The number of nitrogens with zero attached hydrogens (tertiary/aromatic N) is 2. The number of benzene rings is 8. The Labute approximate surface area is 375 Å². The summed E-state index contributed by atoms with van der Waals surface area (Å²) < 4.78 is 0. The summed E-state index contributed by atoms with van der Waals surface area (Å²) in [4.78, 5) is 10.3. The average Bonchev–Trinajstić information content (AvgIpc) is 3.28. The molecule has 2 heterocycles. The zero-order valence-electron chi connectivity index (χ0n) is 36.3. The van der Waals surface area contributed by atoms with Gasteiger partial charge in [-0.25, -0.2) is 0 Å². The highest BCUT2D eigenvalue weighted by atomic mass is 32.2. The summed E-state index contributed by atoms with van der Waals surface area (Å²) in [6.07, 6.45) is 6.82. The molecule has 304 valence electrons. The molecule has 11 rings (SSSR count). The van der Waals surface area contributed by atoms with E-state index >= 15 is 0 Å². The molecular formula is C58H50N2S2. The Balaban J connectivity index is 1.23. The molecule has 2 aliphatic heterocycles. The predicted molar refractivity (Wildman–Crippen MR) is 268 cm³/mol. The minimum atomic E-state index is 0.0466. The van der Waals surface area contributed by atoms with Gasteiger partial charge in [-0.1, -0.05) is 168 Å². The molecule has 0 unspecified atom stereocenters. The van der Waals surface area contributed by atoms with Crippen LogP contribution in [0.1, 0.15) is 65.5 Å². The summed E-state index contributed by atoms with van der Waals surface area (Å²) in [6, 6.07) is 59.8. The minimum Gasteiger partial charge on any atom is -0.309 e. The second-order valence-corrected chi connectivity index (χ2v) is 21.1. The molecule has 0 aromatic heterocycles. The number of thioether (sulfide) groups is 1. The zero-order valence-corrected chi connectivity index (χ0v) is 37.9. The van der Waals surface area contributed by atoms with Crippen molar-refractivity contribution in [3.8, 4) is 22.3 Å². The lowest BCUT2D eigenvalue weighted by atomic mass is 9.82. The van der Waals surface area contributed by atoms with E-state index < -0.39 is 0 Å². The van der Waals surface area contributed by atoms with Crippen LogP contribution in [0.4, 0.5) is 28.4 Å². The molecule has 0 N–H and O–H groups in total. The molecule has 8 aromatic carbocycles. The highest BCUT2D eigenvalue weighted by Crippen LogP contribution is 2.54. The highest BCUT2D eigenvalue weighted by Gasteiger charge is 2.30. The van der Waals surface area contributed by atoms with E-state index in [-0.39, 0.29) is 10.8 Å². The number of fused-ring (bicyclic) bond motifs is 5. The first-order valence-corrected chi connectivity index (χ1v) is 23.5. The Hall–Kier alpha value is -5.94. The SMILES string of the molecule is CC(C)(C)c1ccc(-c2c3ccc(N4c5ccccc5Sc5ccccc54)cc3c(-c3ccc(C(C)(C)C)cc3)c3ccc(N4C5=C(CCC=C5)Sc5ccccc54)cc23)cc1. The third-order valence-electron chi connectivity index (χ3n) is 12.8. The van der Waals surface area contributed by atoms with Gasteiger partial charge in [0.15, 0.2) is 0 Å². The van der Waals surface area contributed by atoms with Crippen LogP contribution in [-0.4, -0.2) is 0 Å². The third-order valence-corrected chi connectivity index (χ3v) is 15.1. The molecule has 62 heavy (non-hydrogen) atoms. The van der Waals surface area contributed by atoms with Gasteiger partial charge < -0.3 is 9.80 Å². The van der Waals surface area contributed by atoms with Crippen molar-refractivity contribution in [1.29, 1.82) is 0 Å². The quantitative estimate of drug-likeness (QED) is 0.163. The largest absolute Gasteiger partial charge is 0.309 e. The minimum absolute atomic E-state index is 0.0466. The molecule has 0 spiro atoms. The Kier molecular flexibility index (Phi) is 9.33. The standard InChI is InChI=1S/C58H50N2S2/c1-57(2,3)39-27-23-37(24-28-39)55-43-33-31-42(60-49-17-9-13-21-53(49)62-54-22-14-10-18-50(54)60)36-46(43)56(38-25-29-40(30-26-38)58(4,5)6)44-34-32-41(35-45(44)55)59-47-15-7-11-19-51(47)61-52-20-12-8-16-48(52)59/h7-13,15-21,23-36H,14,22H2,1-6H3. The van der Waals surface area contributed by atoms with E-state index in [0.717, 1.165) is 18.5 Å². The zero-order chi connectivity index (χ0) is 42.3. The van der Waals surface area contributed by atoms with Crippen molar-refractivity contribution < 1.29 is 0 Å². The van der Waals surface area contributed by atoms with Crippen LogP contribution in [0.25, 0.3) is 43.8 Å². The second-order valence-electron chi connectivity index (χ2n) is 18.9. The van der Waals surface area contributed by atoms with Crippen molar-refractivity contribution in [2.24, 2.45) is 0 Å².